The summed E-state index contributed by atoms with van der Waals surface area (Å²) in [4.78, 5) is 15.3. The van der Waals surface area contributed by atoms with Gasteiger partial charge in [0.1, 0.15) is 5.76 Å². The van der Waals surface area contributed by atoms with Crippen LogP contribution in [-0.4, -0.2) is 61.5 Å². The third-order valence-corrected chi connectivity index (χ3v) is 7.56. The van der Waals surface area contributed by atoms with E-state index in [2.05, 4.69) is 15.4 Å². The number of hydrogen-bond donors (Lipinski definition) is 1. The maximum atomic E-state index is 12.8. The van der Waals surface area contributed by atoms with Gasteiger partial charge < -0.3 is 24.1 Å². The molecule has 1 aromatic heterocycles. The van der Waals surface area contributed by atoms with Crippen LogP contribution in [0.3, 0.4) is 0 Å². The number of amides is 1. The molecule has 1 spiro atoms. The molecular formula is C24H31N3O5. The number of nitrogens with zero attached hydrogens (tertiary/aromatic N) is 2. The van der Waals surface area contributed by atoms with Crippen LogP contribution in [0.25, 0.3) is 0 Å². The van der Waals surface area contributed by atoms with Crippen molar-refractivity contribution in [1.29, 1.82) is 0 Å². The summed E-state index contributed by atoms with van der Waals surface area (Å²) >= 11 is 0. The van der Waals surface area contributed by atoms with Crippen LogP contribution >= 0.6 is 0 Å². The molecule has 3 saturated heterocycles. The van der Waals surface area contributed by atoms with Crippen LogP contribution in [0, 0.1) is 25.7 Å². The molecule has 172 valence electrons. The lowest BCUT2D eigenvalue weighted by Gasteiger charge is -2.29. The normalized spacial score (nSPS) is 28.7. The summed E-state index contributed by atoms with van der Waals surface area (Å²) in [5.41, 5.74) is 2.62. The number of likely N-dealkylation sites (tertiary alicyclic amines) is 1. The van der Waals surface area contributed by atoms with E-state index >= 15 is 0 Å². The van der Waals surface area contributed by atoms with E-state index in [4.69, 9.17) is 18.7 Å². The van der Waals surface area contributed by atoms with Gasteiger partial charge in [-0.1, -0.05) is 5.16 Å². The smallest absolute Gasteiger partial charge is 0.251 e. The molecule has 0 saturated carbocycles. The topological polar surface area (TPSA) is 86.1 Å². The Morgan fingerprint density at radius 3 is 2.81 bits per heavy atom. The number of methoxy groups -OCH3 is 2. The maximum Gasteiger partial charge on any atom is 0.251 e. The molecule has 4 atom stereocenters. The largest absolute Gasteiger partial charge is 0.493 e. The molecule has 0 aliphatic carbocycles. The minimum absolute atomic E-state index is 0.0810. The van der Waals surface area contributed by atoms with Crippen molar-refractivity contribution < 1.29 is 23.5 Å². The Morgan fingerprint density at radius 2 is 2.09 bits per heavy atom. The lowest BCUT2D eigenvalue weighted by molar-refractivity contribution is 0.00207. The molecule has 2 aromatic rings. The van der Waals surface area contributed by atoms with E-state index in [9.17, 15) is 4.79 Å². The highest BCUT2D eigenvalue weighted by Gasteiger charge is 2.62. The molecule has 3 aliphatic rings. The average molecular weight is 442 g/mol. The first-order valence-corrected chi connectivity index (χ1v) is 11.3. The first kappa shape index (κ1) is 21.3. The van der Waals surface area contributed by atoms with Crippen LogP contribution in [0.4, 0.5) is 0 Å². The van der Waals surface area contributed by atoms with Gasteiger partial charge in [0, 0.05) is 49.1 Å². The maximum absolute atomic E-state index is 12.8. The molecule has 0 radical (unpaired) electrons. The van der Waals surface area contributed by atoms with Gasteiger partial charge >= 0.3 is 0 Å². The zero-order valence-electron chi connectivity index (χ0n) is 19.1. The van der Waals surface area contributed by atoms with Gasteiger partial charge in [-0.2, -0.15) is 0 Å². The van der Waals surface area contributed by atoms with Gasteiger partial charge in [-0.05, 0) is 44.9 Å². The van der Waals surface area contributed by atoms with Crippen LogP contribution < -0.4 is 14.8 Å². The van der Waals surface area contributed by atoms with Crippen LogP contribution in [0.2, 0.25) is 0 Å². The molecule has 0 unspecified atom stereocenters. The fourth-order valence-electron chi connectivity index (χ4n) is 5.92. The molecule has 1 amide bonds. The quantitative estimate of drug-likeness (QED) is 0.707. The SMILES string of the molecule is COc1ccc(C(=O)NC[C@H]2[C@H]3CN(Cc4c(C)noc4C)C[C@]34CC[C@H]2O4)cc1OC. The van der Waals surface area contributed by atoms with Crippen molar-refractivity contribution in [2.75, 3.05) is 33.9 Å². The van der Waals surface area contributed by atoms with E-state index in [1.807, 2.05) is 13.8 Å². The highest BCUT2D eigenvalue weighted by atomic mass is 16.5. The van der Waals surface area contributed by atoms with E-state index in [-0.39, 0.29) is 17.6 Å². The molecule has 4 heterocycles. The Bertz CT molecular complexity index is 1000. The molecule has 1 N–H and O–H groups in total. The number of ether oxygens (including phenoxy) is 3. The highest BCUT2D eigenvalue weighted by molar-refractivity contribution is 5.94. The number of aryl methyl sites for hydroxylation is 2. The van der Waals surface area contributed by atoms with Crippen molar-refractivity contribution >= 4 is 5.91 Å². The number of aromatic nitrogens is 1. The predicted octanol–water partition coefficient (Wildman–Crippen LogP) is 2.72. The average Bonchev–Trinajstić information content (AvgIpc) is 3.53. The van der Waals surface area contributed by atoms with Crippen molar-refractivity contribution in [3.05, 3.63) is 40.8 Å². The Labute approximate surface area is 188 Å². The van der Waals surface area contributed by atoms with E-state index in [1.54, 1.807) is 32.4 Å². The molecule has 2 bridgehead atoms. The second-order valence-electron chi connectivity index (χ2n) is 9.28. The number of fused-ring (bicyclic) bond motifs is 1. The van der Waals surface area contributed by atoms with Crippen molar-refractivity contribution in [1.82, 2.24) is 15.4 Å². The second kappa shape index (κ2) is 8.08. The van der Waals surface area contributed by atoms with Crippen molar-refractivity contribution in [2.45, 2.75) is 44.9 Å². The van der Waals surface area contributed by atoms with Crippen LogP contribution in [-0.2, 0) is 11.3 Å². The molecular weight excluding hydrogens is 410 g/mol. The van der Waals surface area contributed by atoms with Crippen molar-refractivity contribution in [3.63, 3.8) is 0 Å². The predicted molar refractivity (Wildman–Crippen MR) is 117 cm³/mol. The summed E-state index contributed by atoms with van der Waals surface area (Å²) in [5.74, 6) is 2.69. The number of carbonyl (C=O) groups excluding carboxylic acids is 1. The summed E-state index contributed by atoms with van der Waals surface area (Å²) in [6, 6.07) is 5.23. The minimum Gasteiger partial charge on any atom is -0.493 e. The monoisotopic (exact) mass is 441 g/mol. The second-order valence-corrected chi connectivity index (χ2v) is 9.28. The lowest BCUT2D eigenvalue weighted by atomic mass is 9.73. The zero-order chi connectivity index (χ0) is 22.5. The van der Waals surface area contributed by atoms with Gasteiger partial charge in [0.05, 0.1) is 31.6 Å². The number of hydrogen-bond acceptors (Lipinski definition) is 7. The standard InChI is InChI=1S/C24H31N3O5/c1-14-18(15(2)32-26-14)11-27-12-19-17(20-7-8-24(19,13-27)31-20)10-25-23(28)16-5-6-21(29-3)22(9-16)30-4/h5-6,9,17,19-20H,7-8,10-13H2,1-4H3,(H,25,28)/t17-,19+,20+,24+/m0/s1. The third kappa shape index (κ3) is 3.46. The fourth-order valence-corrected chi connectivity index (χ4v) is 5.92. The molecule has 3 aliphatic heterocycles. The summed E-state index contributed by atoms with van der Waals surface area (Å²) in [6.45, 7) is 7.31. The first-order chi connectivity index (χ1) is 15.4. The summed E-state index contributed by atoms with van der Waals surface area (Å²) in [7, 11) is 3.15. The van der Waals surface area contributed by atoms with Gasteiger partial charge in [0.25, 0.3) is 5.91 Å². The number of benzene rings is 1. The van der Waals surface area contributed by atoms with Crippen LogP contribution in [0.5, 0.6) is 11.5 Å². The third-order valence-electron chi connectivity index (χ3n) is 7.56. The van der Waals surface area contributed by atoms with Gasteiger partial charge in [0.15, 0.2) is 11.5 Å². The van der Waals surface area contributed by atoms with Crippen LogP contribution in [0.1, 0.15) is 40.2 Å². The van der Waals surface area contributed by atoms with E-state index < -0.39 is 0 Å². The van der Waals surface area contributed by atoms with E-state index in [0.29, 0.717) is 35.4 Å². The molecule has 5 rings (SSSR count). The van der Waals surface area contributed by atoms with E-state index in [1.165, 1.54) is 5.56 Å². The Balaban J connectivity index is 1.25. The van der Waals surface area contributed by atoms with Gasteiger partial charge in [0.2, 0.25) is 0 Å². The molecule has 8 nitrogen and oxygen atoms in total. The van der Waals surface area contributed by atoms with Gasteiger partial charge in [-0.25, -0.2) is 0 Å². The molecule has 3 fully saturated rings. The minimum atomic E-state index is -0.103. The number of nitrogens with one attached hydrogen (secondary N) is 1. The zero-order valence-corrected chi connectivity index (χ0v) is 19.1. The van der Waals surface area contributed by atoms with Gasteiger partial charge in [-0.3, -0.25) is 9.69 Å². The van der Waals surface area contributed by atoms with Gasteiger partial charge in [-0.15, -0.1) is 0 Å². The van der Waals surface area contributed by atoms with Crippen LogP contribution in [0.15, 0.2) is 22.7 Å². The molecule has 32 heavy (non-hydrogen) atoms. The lowest BCUT2D eigenvalue weighted by Crippen LogP contribution is -2.41. The summed E-state index contributed by atoms with van der Waals surface area (Å²) in [5, 5.41) is 7.24. The van der Waals surface area contributed by atoms with Crippen molar-refractivity contribution in [3.8, 4) is 11.5 Å². The summed E-state index contributed by atoms with van der Waals surface area (Å²) in [6.07, 6.45) is 2.39. The molecule has 1 aromatic carbocycles. The summed E-state index contributed by atoms with van der Waals surface area (Å²) < 4.78 is 22.5. The number of carbonyl (C=O) groups is 1. The van der Waals surface area contributed by atoms with Crippen molar-refractivity contribution in [2.24, 2.45) is 11.8 Å². The molecule has 8 heteroatoms. The Hall–Kier alpha value is -2.58. The van der Waals surface area contributed by atoms with E-state index in [0.717, 1.165) is 43.9 Å². The Morgan fingerprint density at radius 1 is 1.28 bits per heavy atom. The fraction of sp³-hybridized carbons (Fsp3) is 0.583. The highest BCUT2D eigenvalue weighted by Crippen LogP contribution is 2.54. The Kier molecular flexibility index (Phi) is 5.37. The number of rotatable bonds is 7. The first-order valence-electron chi connectivity index (χ1n) is 11.3.